The van der Waals surface area contributed by atoms with Gasteiger partial charge in [-0.2, -0.15) is 0 Å². The highest BCUT2D eigenvalue weighted by Crippen LogP contribution is 2.29. The van der Waals surface area contributed by atoms with Gasteiger partial charge in [-0.15, -0.1) is 0 Å². The van der Waals surface area contributed by atoms with Gasteiger partial charge in [-0.1, -0.05) is 30.7 Å². The number of carbonyl (C=O) groups is 1. The lowest BCUT2D eigenvalue weighted by atomic mass is 10.2. The molecule has 0 saturated heterocycles. The summed E-state index contributed by atoms with van der Waals surface area (Å²) < 4.78 is 0. The molecule has 0 atom stereocenters. The summed E-state index contributed by atoms with van der Waals surface area (Å²) in [5.74, 6) is 1.45. The molecule has 1 aromatic heterocycles. The predicted octanol–water partition coefficient (Wildman–Crippen LogP) is 2.98. The number of nitrogens with one attached hydrogen (secondary N) is 1. The van der Waals surface area contributed by atoms with Gasteiger partial charge in [-0.05, 0) is 28.8 Å². The van der Waals surface area contributed by atoms with Crippen LogP contribution in [0.1, 0.15) is 20.3 Å². The maximum atomic E-state index is 11.4. The number of amides is 1. The first-order valence-electron chi connectivity index (χ1n) is 5.65. The van der Waals surface area contributed by atoms with Crippen molar-refractivity contribution in [1.82, 2.24) is 10.3 Å². The normalized spacial score (nSPS) is 10.5. The summed E-state index contributed by atoms with van der Waals surface area (Å²) in [6.07, 6.45) is 2.34. The lowest BCUT2D eigenvalue weighted by Gasteiger charge is -2.06. The van der Waals surface area contributed by atoms with Crippen molar-refractivity contribution in [2.75, 3.05) is 12.3 Å². The summed E-state index contributed by atoms with van der Waals surface area (Å²) in [7, 11) is 3.27. The van der Waals surface area contributed by atoms with Crippen LogP contribution in [-0.4, -0.2) is 23.2 Å². The lowest BCUT2D eigenvalue weighted by Crippen LogP contribution is -2.27. The number of aromatic nitrogens is 1. The van der Waals surface area contributed by atoms with Crippen LogP contribution in [0.4, 0.5) is 0 Å². The molecule has 94 valence electrons. The smallest absolute Gasteiger partial charge is 0.220 e. The van der Waals surface area contributed by atoms with Crippen molar-refractivity contribution in [3.8, 4) is 0 Å². The quantitative estimate of drug-likeness (QED) is 0.611. The predicted molar refractivity (Wildman–Crippen MR) is 75.0 cm³/mol. The zero-order valence-corrected chi connectivity index (χ0v) is 11.8. The van der Waals surface area contributed by atoms with Crippen LogP contribution >= 0.6 is 21.6 Å². The molecule has 0 aliphatic heterocycles. The van der Waals surface area contributed by atoms with Gasteiger partial charge in [0.1, 0.15) is 5.03 Å². The van der Waals surface area contributed by atoms with E-state index in [1.165, 1.54) is 0 Å². The number of pyridine rings is 1. The van der Waals surface area contributed by atoms with E-state index in [0.29, 0.717) is 12.3 Å². The second-order valence-electron chi connectivity index (χ2n) is 4.02. The summed E-state index contributed by atoms with van der Waals surface area (Å²) in [4.78, 5) is 15.6. The second kappa shape index (κ2) is 8.42. The molecule has 0 fully saturated rings. The average molecular weight is 270 g/mol. The SMILES string of the molecule is CC(C)CNC(=O)CCSSc1ccccn1. The van der Waals surface area contributed by atoms with E-state index in [-0.39, 0.29) is 5.91 Å². The van der Waals surface area contributed by atoms with Crippen molar-refractivity contribution in [2.24, 2.45) is 5.92 Å². The van der Waals surface area contributed by atoms with Gasteiger partial charge in [-0.3, -0.25) is 4.79 Å². The summed E-state index contributed by atoms with van der Waals surface area (Å²) in [6.45, 7) is 4.94. The molecule has 0 radical (unpaired) electrons. The molecule has 3 nitrogen and oxygen atoms in total. The molecule has 1 heterocycles. The topological polar surface area (TPSA) is 42.0 Å². The largest absolute Gasteiger partial charge is 0.356 e. The fourth-order valence-electron chi connectivity index (χ4n) is 1.04. The Labute approximate surface area is 111 Å². The Morgan fingerprint density at radius 3 is 2.94 bits per heavy atom. The highest BCUT2D eigenvalue weighted by Gasteiger charge is 2.02. The van der Waals surface area contributed by atoms with Crippen LogP contribution in [0.25, 0.3) is 0 Å². The molecule has 0 aliphatic carbocycles. The molecule has 1 rings (SSSR count). The van der Waals surface area contributed by atoms with Gasteiger partial charge < -0.3 is 5.32 Å². The first-order valence-corrected chi connectivity index (χ1v) is 7.97. The Morgan fingerprint density at radius 1 is 1.47 bits per heavy atom. The molecular formula is C12H18N2OS2. The van der Waals surface area contributed by atoms with Gasteiger partial charge in [0.15, 0.2) is 0 Å². The highest BCUT2D eigenvalue weighted by molar-refractivity contribution is 8.76. The van der Waals surface area contributed by atoms with Crippen molar-refractivity contribution < 1.29 is 4.79 Å². The van der Waals surface area contributed by atoms with E-state index >= 15 is 0 Å². The minimum absolute atomic E-state index is 0.132. The van der Waals surface area contributed by atoms with Gasteiger partial charge in [0, 0.05) is 24.9 Å². The van der Waals surface area contributed by atoms with E-state index < -0.39 is 0 Å². The number of hydrogen-bond donors (Lipinski definition) is 1. The monoisotopic (exact) mass is 270 g/mol. The van der Waals surface area contributed by atoms with Crippen LogP contribution in [0.5, 0.6) is 0 Å². The number of nitrogens with zero attached hydrogens (tertiary/aromatic N) is 1. The summed E-state index contributed by atoms with van der Waals surface area (Å²) in [5, 5.41) is 3.89. The zero-order chi connectivity index (χ0) is 12.5. The second-order valence-corrected chi connectivity index (χ2v) is 6.46. The average Bonchev–Trinajstić information content (AvgIpc) is 2.33. The molecule has 0 saturated carbocycles. The van der Waals surface area contributed by atoms with Crippen molar-refractivity contribution in [2.45, 2.75) is 25.3 Å². The third kappa shape index (κ3) is 7.28. The van der Waals surface area contributed by atoms with Crippen LogP contribution in [0, 0.1) is 5.92 Å². The molecule has 1 amide bonds. The van der Waals surface area contributed by atoms with E-state index in [0.717, 1.165) is 17.3 Å². The molecule has 5 heteroatoms. The first kappa shape index (κ1) is 14.4. The minimum atomic E-state index is 0.132. The molecule has 17 heavy (non-hydrogen) atoms. The number of hydrogen-bond acceptors (Lipinski definition) is 4. The third-order valence-electron chi connectivity index (χ3n) is 1.90. The van der Waals surface area contributed by atoms with Crippen molar-refractivity contribution in [1.29, 1.82) is 0 Å². The Balaban J connectivity index is 2.06. The van der Waals surface area contributed by atoms with Gasteiger partial charge in [0.2, 0.25) is 5.91 Å². The van der Waals surface area contributed by atoms with Crippen LogP contribution in [0.15, 0.2) is 29.4 Å². The minimum Gasteiger partial charge on any atom is -0.356 e. The van der Waals surface area contributed by atoms with Crippen LogP contribution in [-0.2, 0) is 4.79 Å². The van der Waals surface area contributed by atoms with Crippen molar-refractivity contribution in [3.05, 3.63) is 24.4 Å². The molecule has 1 N–H and O–H groups in total. The first-order chi connectivity index (χ1) is 8.18. The van der Waals surface area contributed by atoms with Crippen LogP contribution in [0.3, 0.4) is 0 Å². The molecule has 0 unspecified atom stereocenters. The van der Waals surface area contributed by atoms with Gasteiger partial charge in [0.05, 0.1) is 0 Å². The maximum Gasteiger partial charge on any atom is 0.220 e. The number of rotatable bonds is 7. The fraction of sp³-hybridized carbons (Fsp3) is 0.500. The van der Waals surface area contributed by atoms with Crippen molar-refractivity contribution in [3.63, 3.8) is 0 Å². The Kier molecular flexibility index (Phi) is 7.12. The Bertz CT molecular complexity index is 331. The van der Waals surface area contributed by atoms with Gasteiger partial charge in [-0.25, -0.2) is 4.98 Å². The van der Waals surface area contributed by atoms with E-state index in [9.17, 15) is 4.79 Å². The number of carbonyl (C=O) groups excluding carboxylic acids is 1. The van der Waals surface area contributed by atoms with Crippen molar-refractivity contribution >= 4 is 27.5 Å². The standard InChI is InChI=1S/C12H18N2OS2/c1-10(2)9-14-11(15)6-8-16-17-12-5-3-4-7-13-12/h3-5,7,10H,6,8-9H2,1-2H3,(H,14,15). The molecular weight excluding hydrogens is 252 g/mol. The Morgan fingerprint density at radius 2 is 2.29 bits per heavy atom. The molecule has 0 aromatic carbocycles. The zero-order valence-electron chi connectivity index (χ0n) is 10.2. The molecule has 0 spiro atoms. The molecule has 0 bridgehead atoms. The summed E-state index contributed by atoms with van der Waals surface area (Å²) >= 11 is 0. The van der Waals surface area contributed by atoms with E-state index in [1.807, 2.05) is 18.2 Å². The van der Waals surface area contributed by atoms with E-state index in [2.05, 4.69) is 24.1 Å². The summed E-state index contributed by atoms with van der Waals surface area (Å²) in [6, 6.07) is 5.83. The van der Waals surface area contributed by atoms with Gasteiger partial charge >= 0.3 is 0 Å². The van der Waals surface area contributed by atoms with E-state index in [4.69, 9.17) is 0 Å². The lowest BCUT2D eigenvalue weighted by molar-refractivity contribution is -0.120. The van der Waals surface area contributed by atoms with Gasteiger partial charge in [0.25, 0.3) is 0 Å². The maximum absolute atomic E-state index is 11.4. The van der Waals surface area contributed by atoms with Crippen LogP contribution < -0.4 is 5.32 Å². The third-order valence-corrected chi connectivity index (χ3v) is 4.17. The summed E-state index contributed by atoms with van der Waals surface area (Å²) in [5.41, 5.74) is 0. The fourth-order valence-corrected chi connectivity index (χ4v) is 2.91. The van der Waals surface area contributed by atoms with E-state index in [1.54, 1.807) is 27.8 Å². The molecule has 1 aromatic rings. The van der Waals surface area contributed by atoms with Crippen LogP contribution in [0.2, 0.25) is 0 Å². The molecule has 0 aliphatic rings. The Hall–Kier alpha value is -0.680. The highest BCUT2D eigenvalue weighted by atomic mass is 33.1.